The Hall–Kier alpha value is -3.39. The predicted octanol–water partition coefficient (Wildman–Crippen LogP) is 3.93. The van der Waals surface area contributed by atoms with E-state index in [9.17, 15) is 19.5 Å². The van der Waals surface area contributed by atoms with E-state index in [1.807, 2.05) is 50.2 Å². The quantitative estimate of drug-likeness (QED) is 0.447. The maximum absolute atomic E-state index is 12.9. The van der Waals surface area contributed by atoms with E-state index in [1.165, 1.54) is 7.11 Å². The lowest BCUT2D eigenvalue weighted by Crippen LogP contribution is -2.55. The molecule has 0 heterocycles. The normalized spacial score (nSPS) is 15.0. The molecule has 1 aliphatic rings. The van der Waals surface area contributed by atoms with Crippen LogP contribution >= 0.6 is 0 Å². The molecule has 3 atom stereocenters. The highest BCUT2D eigenvalue weighted by Crippen LogP contribution is 2.44. The average Bonchev–Trinajstić information content (AvgIpc) is 3.16. The molecule has 8 nitrogen and oxygen atoms in total. The van der Waals surface area contributed by atoms with Gasteiger partial charge >= 0.3 is 12.1 Å². The van der Waals surface area contributed by atoms with Gasteiger partial charge in [0.15, 0.2) is 6.04 Å². The number of alkyl carbamates (subject to hydrolysis) is 1. The van der Waals surface area contributed by atoms with Crippen molar-refractivity contribution in [2.75, 3.05) is 13.7 Å². The first-order valence-electron chi connectivity index (χ1n) is 11.9. The molecule has 0 aliphatic heterocycles. The minimum atomic E-state index is -1.24. The van der Waals surface area contributed by atoms with E-state index in [2.05, 4.69) is 22.8 Å². The molecule has 0 bridgehead atoms. The van der Waals surface area contributed by atoms with Crippen LogP contribution in [0.4, 0.5) is 4.79 Å². The Bertz CT molecular complexity index is 1010. The summed E-state index contributed by atoms with van der Waals surface area (Å²) in [7, 11) is 1.37. The van der Waals surface area contributed by atoms with Crippen LogP contribution in [0.5, 0.6) is 0 Å². The van der Waals surface area contributed by atoms with Crippen LogP contribution in [-0.2, 0) is 19.1 Å². The van der Waals surface area contributed by atoms with E-state index in [0.717, 1.165) is 22.3 Å². The summed E-state index contributed by atoms with van der Waals surface area (Å²) in [6.07, 6.45) is -0.445. The number of carbonyl (C=O) groups excluding carboxylic acids is 2. The molecule has 1 aliphatic carbocycles. The number of aliphatic carboxylic acids is 1. The smallest absolute Gasteiger partial charge is 0.407 e. The molecule has 0 fully saturated rings. The fraction of sp³-hybridized carbons (Fsp3) is 0.444. The van der Waals surface area contributed by atoms with Crippen molar-refractivity contribution in [3.8, 4) is 11.1 Å². The number of carboxylic acid groups (broad SMARTS) is 1. The van der Waals surface area contributed by atoms with Crippen molar-refractivity contribution >= 4 is 18.0 Å². The molecule has 2 aromatic carbocycles. The Morgan fingerprint density at radius 2 is 1.49 bits per heavy atom. The van der Waals surface area contributed by atoms with E-state index in [1.54, 1.807) is 6.92 Å². The number of nitrogens with one attached hydrogen (secondary N) is 2. The van der Waals surface area contributed by atoms with Gasteiger partial charge in [0.05, 0.1) is 6.10 Å². The first-order chi connectivity index (χ1) is 16.7. The van der Waals surface area contributed by atoms with E-state index < -0.39 is 36.2 Å². The van der Waals surface area contributed by atoms with Crippen LogP contribution in [0, 0.1) is 5.92 Å². The lowest BCUT2D eigenvalue weighted by molar-refractivity contribution is -0.145. The highest BCUT2D eigenvalue weighted by molar-refractivity contribution is 5.89. The number of amides is 2. The van der Waals surface area contributed by atoms with Crippen molar-refractivity contribution < 1.29 is 29.0 Å². The summed E-state index contributed by atoms with van der Waals surface area (Å²) in [5.41, 5.74) is 4.43. The molecule has 3 rings (SSSR count). The molecule has 35 heavy (non-hydrogen) atoms. The number of fused-ring (bicyclic) bond motifs is 3. The lowest BCUT2D eigenvalue weighted by atomic mass is 9.98. The van der Waals surface area contributed by atoms with Crippen molar-refractivity contribution in [3.63, 3.8) is 0 Å². The molecule has 0 radical (unpaired) electrons. The van der Waals surface area contributed by atoms with Gasteiger partial charge in [0, 0.05) is 13.0 Å². The van der Waals surface area contributed by atoms with Crippen LogP contribution in [0.3, 0.4) is 0 Å². The van der Waals surface area contributed by atoms with Crippen molar-refractivity contribution in [1.82, 2.24) is 10.6 Å². The fourth-order valence-corrected chi connectivity index (χ4v) is 4.32. The van der Waals surface area contributed by atoms with Crippen molar-refractivity contribution in [2.24, 2.45) is 5.92 Å². The number of rotatable bonds is 11. The van der Waals surface area contributed by atoms with Crippen molar-refractivity contribution in [3.05, 3.63) is 59.7 Å². The van der Waals surface area contributed by atoms with Gasteiger partial charge < -0.3 is 25.2 Å². The van der Waals surface area contributed by atoms with Crippen LogP contribution in [0.1, 0.15) is 50.7 Å². The highest BCUT2D eigenvalue weighted by atomic mass is 16.5. The molecule has 0 spiro atoms. The largest absolute Gasteiger partial charge is 0.480 e. The summed E-state index contributed by atoms with van der Waals surface area (Å²) >= 11 is 0. The van der Waals surface area contributed by atoms with Gasteiger partial charge in [-0.05, 0) is 47.9 Å². The van der Waals surface area contributed by atoms with Gasteiger partial charge in [-0.2, -0.15) is 0 Å². The zero-order valence-electron chi connectivity index (χ0n) is 20.6. The van der Waals surface area contributed by atoms with Crippen LogP contribution in [-0.4, -0.2) is 55.0 Å². The molecular weight excluding hydrogens is 448 g/mol. The number of methoxy groups -OCH3 is 1. The van der Waals surface area contributed by atoms with Crippen molar-refractivity contribution in [1.29, 1.82) is 0 Å². The van der Waals surface area contributed by atoms with Gasteiger partial charge in [-0.1, -0.05) is 62.4 Å². The minimum Gasteiger partial charge on any atom is -0.480 e. The van der Waals surface area contributed by atoms with E-state index >= 15 is 0 Å². The zero-order valence-corrected chi connectivity index (χ0v) is 20.6. The molecular formula is C27H34N2O6. The first kappa shape index (κ1) is 26.2. The van der Waals surface area contributed by atoms with Gasteiger partial charge in [-0.25, -0.2) is 9.59 Å². The summed E-state index contributed by atoms with van der Waals surface area (Å²) in [6, 6.07) is 13.9. The topological polar surface area (TPSA) is 114 Å². The summed E-state index contributed by atoms with van der Waals surface area (Å²) in [6.45, 7) is 5.70. The van der Waals surface area contributed by atoms with Crippen LogP contribution in [0.2, 0.25) is 0 Å². The number of carbonyl (C=O) groups is 3. The number of benzene rings is 2. The Morgan fingerprint density at radius 3 is 2.00 bits per heavy atom. The second-order valence-corrected chi connectivity index (χ2v) is 9.26. The summed E-state index contributed by atoms with van der Waals surface area (Å²) in [5.74, 6) is -1.61. The number of carboxylic acids is 1. The molecule has 2 aromatic rings. The Labute approximate surface area is 206 Å². The third kappa shape index (κ3) is 6.39. The number of hydrogen-bond acceptors (Lipinski definition) is 5. The van der Waals surface area contributed by atoms with Gasteiger partial charge in [-0.15, -0.1) is 0 Å². The number of hydrogen-bond donors (Lipinski definition) is 3. The summed E-state index contributed by atoms with van der Waals surface area (Å²) in [4.78, 5) is 37.2. The molecule has 0 saturated carbocycles. The molecule has 0 saturated heterocycles. The number of ether oxygens (including phenoxy) is 2. The first-order valence-corrected chi connectivity index (χ1v) is 11.9. The monoisotopic (exact) mass is 482 g/mol. The van der Waals surface area contributed by atoms with Gasteiger partial charge in [0.2, 0.25) is 5.91 Å². The van der Waals surface area contributed by atoms with Crippen LogP contribution in [0.25, 0.3) is 11.1 Å². The van der Waals surface area contributed by atoms with E-state index in [-0.39, 0.29) is 12.5 Å². The standard InChI is InChI=1S/C27H34N2O6/c1-16(2)13-14-23(25(30)29-24(26(31)32)17(3)34-4)28-27(33)35-15-22-20-11-7-5-9-18(20)19-10-6-8-12-21(19)22/h5-12,16-17,22-24H,13-15H2,1-4H3,(H,28,33)(H,29,30)(H,31,32)/t17-,23?,24+/m1/s1. The second-order valence-electron chi connectivity index (χ2n) is 9.26. The highest BCUT2D eigenvalue weighted by Gasteiger charge is 2.32. The fourth-order valence-electron chi connectivity index (χ4n) is 4.32. The van der Waals surface area contributed by atoms with Gasteiger partial charge in [0.1, 0.15) is 12.6 Å². The Kier molecular flexibility index (Phi) is 8.87. The van der Waals surface area contributed by atoms with Gasteiger partial charge in [-0.3, -0.25) is 4.79 Å². The van der Waals surface area contributed by atoms with Crippen LogP contribution in [0.15, 0.2) is 48.5 Å². The molecule has 2 amide bonds. The van der Waals surface area contributed by atoms with Crippen molar-refractivity contribution in [2.45, 2.75) is 57.7 Å². The maximum atomic E-state index is 12.9. The molecule has 188 valence electrons. The van der Waals surface area contributed by atoms with E-state index in [0.29, 0.717) is 18.8 Å². The average molecular weight is 483 g/mol. The third-order valence-electron chi connectivity index (χ3n) is 6.39. The lowest BCUT2D eigenvalue weighted by Gasteiger charge is -2.24. The Balaban J connectivity index is 1.68. The molecule has 0 aromatic heterocycles. The third-order valence-corrected chi connectivity index (χ3v) is 6.39. The van der Waals surface area contributed by atoms with Crippen LogP contribution < -0.4 is 10.6 Å². The SMILES string of the molecule is CO[C@H](C)[C@H](NC(=O)C(CCC(C)C)NC(=O)OCC1c2ccccc2-c2ccccc21)C(=O)O. The Morgan fingerprint density at radius 1 is 0.914 bits per heavy atom. The molecule has 8 heteroatoms. The molecule has 1 unspecified atom stereocenters. The summed E-state index contributed by atoms with van der Waals surface area (Å²) in [5, 5.41) is 14.6. The minimum absolute atomic E-state index is 0.102. The van der Waals surface area contributed by atoms with Gasteiger partial charge in [0.25, 0.3) is 0 Å². The zero-order chi connectivity index (χ0) is 25.5. The summed E-state index contributed by atoms with van der Waals surface area (Å²) < 4.78 is 10.7. The maximum Gasteiger partial charge on any atom is 0.407 e. The molecule has 3 N–H and O–H groups in total. The predicted molar refractivity (Wildman–Crippen MR) is 132 cm³/mol. The van der Waals surface area contributed by atoms with E-state index in [4.69, 9.17) is 9.47 Å². The second kappa shape index (κ2) is 11.8.